The lowest BCUT2D eigenvalue weighted by Gasteiger charge is -2.21. The number of hydrogen-bond acceptors (Lipinski definition) is 6. The Hall–Kier alpha value is -3.74. The number of benzene rings is 3. The van der Waals surface area contributed by atoms with Gasteiger partial charge in [-0.3, -0.25) is 0 Å². The van der Waals surface area contributed by atoms with Crippen molar-refractivity contribution in [1.82, 2.24) is 9.97 Å². The fourth-order valence-corrected chi connectivity index (χ4v) is 5.38. The van der Waals surface area contributed by atoms with Crippen LogP contribution in [0.1, 0.15) is 22.9 Å². The summed E-state index contributed by atoms with van der Waals surface area (Å²) in [6.45, 7) is 0. The minimum absolute atomic E-state index is 0.00542. The van der Waals surface area contributed by atoms with E-state index in [1.165, 1.54) is 4.88 Å². The Morgan fingerprint density at radius 3 is 2.51 bits per heavy atom. The van der Waals surface area contributed by atoms with E-state index in [2.05, 4.69) is 17.5 Å². The predicted octanol–water partition coefficient (Wildman–Crippen LogP) is 7.38. The highest BCUT2D eigenvalue weighted by molar-refractivity contribution is 7.10. The lowest BCUT2D eigenvalue weighted by atomic mass is 10.0. The quantitative estimate of drug-likeness (QED) is 0.255. The second-order valence-electron chi connectivity index (χ2n) is 8.22. The minimum Gasteiger partial charge on any atom is -0.496 e. The maximum atomic E-state index is 6.16. The van der Waals surface area contributed by atoms with Crippen LogP contribution in [-0.4, -0.2) is 22.8 Å². The van der Waals surface area contributed by atoms with E-state index in [1.807, 2.05) is 77.8 Å². The first-order chi connectivity index (χ1) is 17.2. The molecule has 7 heteroatoms. The van der Waals surface area contributed by atoms with Crippen LogP contribution in [0, 0.1) is 0 Å². The van der Waals surface area contributed by atoms with Crippen LogP contribution < -0.4 is 9.75 Å². The number of hydrazone groups is 1. The molecule has 1 unspecified atom stereocenters. The summed E-state index contributed by atoms with van der Waals surface area (Å²) in [4.78, 5) is 11.2. The normalized spacial score (nSPS) is 15.4. The lowest BCUT2D eigenvalue weighted by molar-refractivity contribution is 0.414. The number of rotatable bonds is 5. The molecule has 2 aromatic heterocycles. The number of aromatic nitrogens is 2. The summed E-state index contributed by atoms with van der Waals surface area (Å²) in [7, 11) is 1.69. The largest absolute Gasteiger partial charge is 0.496 e. The second kappa shape index (κ2) is 9.13. The Morgan fingerprint density at radius 1 is 0.914 bits per heavy atom. The minimum atomic E-state index is -0.00542. The molecule has 172 valence electrons. The summed E-state index contributed by atoms with van der Waals surface area (Å²) in [6, 6.07) is 28.0. The van der Waals surface area contributed by atoms with Gasteiger partial charge in [-0.15, -0.1) is 11.3 Å². The zero-order valence-electron chi connectivity index (χ0n) is 18.9. The van der Waals surface area contributed by atoms with Crippen molar-refractivity contribution in [2.75, 3.05) is 12.1 Å². The number of thiophene rings is 1. The van der Waals surface area contributed by atoms with Gasteiger partial charge in [0.2, 0.25) is 5.95 Å². The van der Waals surface area contributed by atoms with Crippen LogP contribution in [0.2, 0.25) is 5.02 Å². The number of halogens is 1. The Morgan fingerprint density at radius 2 is 1.71 bits per heavy atom. The van der Waals surface area contributed by atoms with Gasteiger partial charge in [0.1, 0.15) is 5.75 Å². The smallest absolute Gasteiger partial charge is 0.247 e. The van der Waals surface area contributed by atoms with Gasteiger partial charge in [-0.05, 0) is 41.8 Å². The summed E-state index contributed by atoms with van der Waals surface area (Å²) >= 11 is 7.87. The van der Waals surface area contributed by atoms with E-state index in [0.717, 1.165) is 45.6 Å². The van der Waals surface area contributed by atoms with Gasteiger partial charge in [0, 0.05) is 32.8 Å². The number of nitrogens with zero attached hydrogens (tertiary/aromatic N) is 4. The monoisotopic (exact) mass is 496 g/mol. The topological polar surface area (TPSA) is 50.6 Å². The third kappa shape index (κ3) is 4.05. The first-order valence-electron chi connectivity index (χ1n) is 11.3. The Labute approximate surface area is 212 Å². The third-order valence-electron chi connectivity index (χ3n) is 6.11. The molecule has 6 rings (SSSR count). The van der Waals surface area contributed by atoms with E-state index in [4.69, 9.17) is 31.4 Å². The van der Waals surface area contributed by atoms with Crippen LogP contribution in [0.5, 0.6) is 5.75 Å². The molecule has 3 heterocycles. The highest BCUT2D eigenvalue weighted by atomic mass is 35.5. The lowest BCUT2D eigenvalue weighted by Crippen LogP contribution is -2.20. The van der Waals surface area contributed by atoms with Crippen LogP contribution in [0.4, 0.5) is 5.95 Å². The molecule has 0 radical (unpaired) electrons. The zero-order valence-corrected chi connectivity index (χ0v) is 20.5. The van der Waals surface area contributed by atoms with Crippen molar-refractivity contribution < 1.29 is 4.74 Å². The van der Waals surface area contributed by atoms with Gasteiger partial charge in [-0.1, -0.05) is 60.1 Å². The third-order valence-corrected chi connectivity index (χ3v) is 7.34. The molecule has 0 amide bonds. The number of hydrogen-bond donors (Lipinski definition) is 0. The molecule has 0 aliphatic carbocycles. The van der Waals surface area contributed by atoms with Gasteiger partial charge in [0.15, 0.2) is 0 Å². The Kier molecular flexibility index (Phi) is 5.68. The van der Waals surface area contributed by atoms with Crippen LogP contribution >= 0.6 is 22.9 Å². The molecule has 0 fully saturated rings. The molecule has 35 heavy (non-hydrogen) atoms. The molecule has 1 atom stereocenters. The first kappa shape index (κ1) is 21.8. The number of para-hydroxylation sites is 2. The first-order valence-corrected chi connectivity index (χ1v) is 12.5. The standard InChI is InChI=1S/C28H21ClN4OS/c1-34-25-10-5-3-7-20(25)23-17-24(26-11-6-16-35-26)33(32-23)28-30-22-9-4-2-8-21(22)27(31-28)18-12-14-19(29)15-13-18/h2-16,24H,17H2,1H3. The molecule has 5 aromatic rings. The van der Waals surface area contributed by atoms with Crippen LogP contribution in [0.3, 0.4) is 0 Å². The van der Waals surface area contributed by atoms with Crippen molar-refractivity contribution in [2.24, 2.45) is 5.10 Å². The van der Waals surface area contributed by atoms with Crippen molar-refractivity contribution in [1.29, 1.82) is 0 Å². The van der Waals surface area contributed by atoms with Gasteiger partial charge in [-0.25, -0.2) is 15.0 Å². The summed E-state index contributed by atoms with van der Waals surface area (Å²) in [5.74, 6) is 1.37. The average Bonchev–Trinajstić information content (AvgIpc) is 3.59. The SMILES string of the molecule is COc1ccccc1C1=NN(c2nc(-c3ccc(Cl)cc3)c3ccccc3n2)C(c2cccs2)C1. The fraction of sp³-hybridized carbons (Fsp3) is 0.107. The Bertz CT molecular complexity index is 1530. The average molecular weight is 497 g/mol. The molecular formula is C28H21ClN4OS. The summed E-state index contributed by atoms with van der Waals surface area (Å²) < 4.78 is 5.63. The predicted molar refractivity (Wildman–Crippen MR) is 144 cm³/mol. The van der Waals surface area contributed by atoms with Gasteiger partial charge < -0.3 is 4.74 Å². The van der Waals surface area contributed by atoms with Crippen molar-refractivity contribution >= 4 is 45.5 Å². The highest BCUT2D eigenvalue weighted by Crippen LogP contribution is 2.40. The maximum absolute atomic E-state index is 6.16. The molecule has 0 saturated heterocycles. The molecule has 0 saturated carbocycles. The molecule has 5 nitrogen and oxygen atoms in total. The number of ether oxygens (including phenoxy) is 1. The number of anilines is 1. The van der Waals surface area contributed by atoms with Crippen molar-refractivity contribution in [2.45, 2.75) is 12.5 Å². The van der Waals surface area contributed by atoms with Crippen LogP contribution in [-0.2, 0) is 0 Å². The highest BCUT2D eigenvalue weighted by Gasteiger charge is 2.33. The van der Waals surface area contributed by atoms with E-state index < -0.39 is 0 Å². The van der Waals surface area contributed by atoms with E-state index in [1.54, 1.807) is 18.4 Å². The summed E-state index contributed by atoms with van der Waals surface area (Å²) in [5, 5.41) is 10.8. The molecule has 1 aliphatic rings. The summed E-state index contributed by atoms with van der Waals surface area (Å²) in [6.07, 6.45) is 0.730. The van der Waals surface area contributed by atoms with E-state index >= 15 is 0 Å². The van der Waals surface area contributed by atoms with Gasteiger partial charge in [0.25, 0.3) is 0 Å². The van der Waals surface area contributed by atoms with Gasteiger partial charge >= 0.3 is 0 Å². The van der Waals surface area contributed by atoms with Crippen LogP contribution in [0.15, 0.2) is 95.4 Å². The van der Waals surface area contributed by atoms with Gasteiger partial charge in [0.05, 0.1) is 30.1 Å². The molecule has 0 spiro atoms. The van der Waals surface area contributed by atoms with E-state index in [0.29, 0.717) is 11.0 Å². The molecule has 0 N–H and O–H groups in total. The van der Waals surface area contributed by atoms with Crippen molar-refractivity contribution in [3.05, 3.63) is 106 Å². The van der Waals surface area contributed by atoms with Crippen LogP contribution in [0.25, 0.3) is 22.2 Å². The fourth-order valence-electron chi connectivity index (χ4n) is 4.44. The molecule has 1 aliphatic heterocycles. The second-order valence-corrected chi connectivity index (χ2v) is 9.64. The van der Waals surface area contributed by atoms with Crippen molar-refractivity contribution in [3.8, 4) is 17.0 Å². The van der Waals surface area contributed by atoms with Crippen molar-refractivity contribution in [3.63, 3.8) is 0 Å². The molecular weight excluding hydrogens is 476 g/mol. The van der Waals surface area contributed by atoms with E-state index in [-0.39, 0.29) is 6.04 Å². The zero-order chi connectivity index (χ0) is 23.8. The Balaban J connectivity index is 1.53. The summed E-state index contributed by atoms with van der Waals surface area (Å²) in [5.41, 5.74) is 4.64. The number of fused-ring (bicyclic) bond motifs is 1. The number of methoxy groups -OCH3 is 1. The molecule has 0 bridgehead atoms. The maximum Gasteiger partial charge on any atom is 0.247 e. The molecule has 3 aromatic carbocycles. The van der Waals surface area contributed by atoms with E-state index in [9.17, 15) is 0 Å². The van der Waals surface area contributed by atoms with Gasteiger partial charge in [-0.2, -0.15) is 5.10 Å².